The van der Waals surface area contributed by atoms with Crippen LogP contribution >= 0.6 is 0 Å². The van der Waals surface area contributed by atoms with E-state index in [4.69, 9.17) is 9.31 Å². The Bertz CT molecular complexity index is 688. The zero-order valence-corrected chi connectivity index (χ0v) is 19.7. The molecule has 1 fully saturated rings. The normalized spacial score (nSPS) is 20.3. The number of benzene rings is 2. The van der Waals surface area contributed by atoms with Crippen molar-refractivity contribution in [3.63, 3.8) is 0 Å². The van der Waals surface area contributed by atoms with Crippen molar-refractivity contribution in [3.05, 3.63) is 66.2 Å². The molecular weight excluding hydrogens is 410 g/mol. The Morgan fingerprint density at radius 2 is 1.32 bits per heavy atom. The SMILES string of the molecule is CC(C)[C@@H](B1OC(C)(C)C(C)(C)O1)[C@@H](Cc1ccccc1)[Se]c1ccccc1. The van der Waals surface area contributed by atoms with Gasteiger partial charge in [0.1, 0.15) is 0 Å². The Labute approximate surface area is 177 Å². The molecule has 2 atom stereocenters. The first kappa shape index (κ1) is 21.6. The molecule has 0 radical (unpaired) electrons. The summed E-state index contributed by atoms with van der Waals surface area (Å²) in [5, 5.41) is 0. The molecule has 1 saturated heterocycles. The van der Waals surface area contributed by atoms with E-state index >= 15 is 0 Å². The van der Waals surface area contributed by atoms with Crippen LogP contribution < -0.4 is 4.46 Å². The summed E-state index contributed by atoms with van der Waals surface area (Å²) in [6.45, 7) is 13.2. The maximum absolute atomic E-state index is 6.53. The Hall–Kier alpha value is -1.06. The van der Waals surface area contributed by atoms with Crippen molar-refractivity contribution in [2.24, 2.45) is 5.92 Å². The van der Waals surface area contributed by atoms with Gasteiger partial charge in [-0.2, -0.15) is 0 Å². The Kier molecular flexibility index (Phi) is 6.77. The van der Waals surface area contributed by atoms with Crippen LogP contribution in [0.1, 0.15) is 47.1 Å². The van der Waals surface area contributed by atoms with Crippen molar-refractivity contribution in [1.82, 2.24) is 0 Å². The van der Waals surface area contributed by atoms with Crippen LogP contribution in [0, 0.1) is 5.92 Å². The second kappa shape index (κ2) is 8.75. The zero-order chi connectivity index (χ0) is 20.4. The van der Waals surface area contributed by atoms with Crippen molar-refractivity contribution in [2.75, 3.05) is 0 Å². The Morgan fingerprint density at radius 3 is 1.82 bits per heavy atom. The van der Waals surface area contributed by atoms with E-state index in [1.807, 2.05) is 0 Å². The second-order valence-electron chi connectivity index (χ2n) is 9.11. The summed E-state index contributed by atoms with van der Waals surface area (Å²) in [6.07, 6.45) is 1.06. The van der Waals surface area contributed by atoms with E-state index in [1.54, 1.807) is 0 Å². The molecule has 1 aliphatic heterocycles. The molecule has 1 aliphatic rings. The van der Waals surface area contributed by atoms with Crippen LogP contribution in [0.3, 0.4) is 0 Å². The number of rotatable bonds is 7. The third kappa shape index (κ3) is 4.91. The zero-order valence-electron chi connectivity index (χ0n) is 18.0. The van der Waals surface area contributed by atoms with Crippen molar-refractivity contribution in [2.45, 2.75) is 69.8 Å². The fourth-order valence-corrected chi connectivity index (χ4v) is 6.97. The minimum atomic E-state index is -0.290. The van der Waals surface area contributed by atoms with Crippen LogP contribution in [0.4, 0.5) is 0 Å². The van der Waals surface area contributed by atoms with Gasteiger partial charge in [-0.05, 0) is 0 Å². The van der Waals surface area contributed by atoms with Crippen LogP contribution in [0.2, 0.25) is 10.6 Å². The molecule has 4 heteroatoms. The first-order valence-electron chi connectivity index (χ1n) is 10.3. The van der Waals surface area contributed by atoms with E-state index in [9.17, 15) is 0 Å². The third-order valence-electron chi connectivity index (χ3n) is 6.10. The van der Waals surface area contributed by atoms with Gasteiger partial charge < -0.3 is 0 Å². The maximum atomic E-state index is 6.53. The quantitative estimate of drug-likeness (QED) is 0.551. The Morgan fingerprint density at radius 1 is 0.821 bits per heavy atom. The summed E-state index contributed by atoms with van der Waals surface area (Å²) in [5.41, 5.74) is 0.816. The van der Waals surface area contributed by atoms with Gasteiger partial charge in [0.2, 0.25) is 0 Å². The van der Waals surface area contributed by atoms with Crippen molar-refractivity contribution in [3.8, 4) is 0 Å². The molecule has 2 nitrogen and oxygen atoms in total. The molecule has 2 aromatic carbocycles. The summed E-state index contributed by atoms with van der Waals surface area (Å²) in [6, 6.07) is 21.8. The first-order valence-corrected chi connectivity index (χ1v) is 12.2. The van der Waals surface area contributed by atoms with Crippen LogP contribution in [-0.2, 0) is 15.7 Å². The summed E-state index contributed by atoms with van der Waals surface area (Å²) in [5.74, 6) is 0.829. The van der Waals surface area contributed by atoms with E-state index in [-0.39, 0.29) is 18.3 Å². The molecule has 150 valence electrons. The van der Waals surface area contributed by atoms with Gasteiger partial charge in [-0.1, -0.05) is 0 Å². The topological polar surface area (TPSA) is 18.5 Å². The average Bonchev–Trinajstić information content (AvgIpc) is 2.83. The van der Waals surface area contributed by atoms with Gasteiger partial charge in [0.25, 0.3) is 0 Å². The van der Waals surface area contributed by atoms with Crippen LogP contribution in [0.25, 0.3) is 0 Å². The molecule has 0 amide bonds. The molecule has 0 N–H and O–H groups in total. The van der Waals surface area contributed by atoms with Crippen molar-refractivity contribution < 1.29 is 9.31 Å². The molecule has 0 spiro atoms. The van der Waals surface area contributed by atoms with Gasteiger partial charge in [-0.25, -0.2) is 0 Å². The van der Waals surface area contributed by atoms with Crippen LogP contribution in [-0.4, -0.2) is 33.3 Å². The molecule has 0 bridgehead atoms. The van der Waals surface area contributed by atoms with Crippen LogP contribution in [0.15, 0.2) is 60.7 Å². The van der Waals surface area contributed by atoms with Gasteiger partial charge >= 0.3 is 178 Å². The number of hydrogen-bond acceptors (Lipinski definition) is 2. The average molecular weight is 443 g/mol. The summed E-state index contributed by atoms with van der Waals surface area (Å²) in [7, 11) is -0.163. The van der Waals surface area contributed by atoms with Gasteiger partial charge in [-0.15, -0.1) is 0 Å². The van der Waals surface area contributed by atoms with Gasteiger partial charge in [0.15, 0.2) is 0 Å². The molecule has 0 unspecified atom stereocenters. The molecule has 0 saturated carbocycles. The minimum absolute atomic E-state index is 0.163. The summed E-state index contributed by atoms with van der Waals surface area (Å²) >= 11 is 0.343. The third-order valence-corrected chi connectivity index (χ3v) is 8.88. The summed E-state index contributed by atoms with van der Waals surface area (Å²) < 4.78 is 14.5. The van der Waals surface area contributed by atoms with Crippen LogP contribution in [0.5, 0.6) is 0 Å². The standard InChI is InChI=1S/C24H33BO2Se/c1-18(2)22(25-26-23(3,4)24(5,6)27-25)21(17-19-13-9-7-10-14-19)28-20-15-11-8-12-16-20/h7-16,18,21-22H,17H2,1-6H3/t21-,22-/m1/s1. The van der Waals surface area contributed by atoms with Gasteiger partial charge in [0.05, 0.1) is 0 Å². The van der Waals surface area contributed by atoms with E-state index in [0.29, 0.717) is 31.5 Å². The van der Waals surface area contributed by atoms with E-state index in [1.165, 1.54) is 10.0 Å². The number of hydrogen-bond donors (Lipinski definition) is 0. The van der Waals surface area contributed by atoms with Gasteiger partial charge in [0, 0.05) is 0 Å². The van der Waals surface area contributed by atoms with E-state index in [2.05, 4.69) is 102 Å². The van der Waals surface area contributed by atoms with E-state index < -0.39 is 0 Å². The molecule has 0 aliphatic carbocycles. The molecule has 2 aromatic rings. The fraction of sp³-hybridized carbons (Fsp3) is 0.500. The second-order valence-corrected chi connectivity index (χ2v) is 11.9. The predicted octanol–water partition coefficient (Wildman–Crippen LogP) is 5.17. The molecule has 3 rings (SSSR count). The predicted molar refractivity (Wildman–Crippen MR) is 120 cm³/mol. The van der Waals surface area contributed by atoms with Crippen molar-refractivity contribution >= 4 is 26.5 Å². The van der Waals surface area contributed by atoms with E-state index in [0.717, 1.165) is 6.42 Å². The fourth-order valence-electron chi connectivity index (χ4n) is 3.74. The monoisotopic (exact) mass is 444 g/mol. The van der Waals surface area contributed by atoms with Crippen molar-refractivity contribution in [1.29, 1.82) is 0 Å². The Balaban J connectivity index is 1.91. The summed E-state index contributed by atoms with van der Waals surface area (Å²) in [4.78, 5) is 0.506. The molecule has 28 heavy (non-hydrogen) atoms. The molecule has 1 heterocycles. The van der Waals surface area contributed by atoms with Gasteiger partial charge in [-0.3, -0.25) is 0 Å². The molecular formula is C24H33BO2Se. The first-order chi connectivity index (χ1) is 13.2. The molecule has 0 aromatic heterocycles.